The fourth-order valence-electron chi connectivity index (χ4n) is 1.88. The summed E-state index contributed by atoms with van der Waals surface area (Å²) in [6.07, 6.45) is 0.843. The maximum atomic E-state index is 11.8. The van der Waals surface area contributed by atoms with Crippen molar-refractivity contribution >= 4 is 11.8 Å². The van der Waals surface area contributed by atoms with Crippen molar-refractivity contribution < 1.29 is 9.59 Å². The van der Waals surface area contributed by atoms with Crippen LogP contribution < -0.4 is 11.3 Å². The van der Waals surface area contributed by atoms with Crippen LogP contribution in [-0.2, 0) is 9.59 Å². The molecular weight excluding hydrogens is 234 g/mol. The smallest absolute Gasteiger partial charge is 0.234 e. The van der Waals surface area contributed by atoms with Gasteiger partial charge in [0.1, 0.15) is 0 Å². The predicted molar refractivity (Wildman–Crippen MR) is 64.8 cm³/mol. The molecule has 1 heterocycles. The van der Waals surface area contributed by atoms with Gasteiger partial charge in [-0.05, 0) is 0 Å². The van der Waals surface area contributed by atoms with E-state index in [2.05, 4.69) is 11.0 Å². The third-order valence-electron chi connectivity index (χ3n) is 2.99. The standard InChI is InChI=1S/C11H19N5O2/c12-4-1-5-15-6-8-16(9-7-15)11(18)3-2-10(17)14-13/h1-3,5-9,13H2,(H,14,17). The summed E-state index contributed by atoms with van der Waals surface area (Å²) in [5, 5.41) is 8.49. The van der Waals surface area contributed by atoms with E-state index in [0.29, 0.717) is 19.5 Å². The quantitative estimate of drug-likeness (QED) is 0.364. The highest BCUT2D eigenvalue weighted by Crippen LogP contribution is 2.05. The van der Waals surface area contributed by atoms with Crippen LogP contribution in [0.4, 0.5) is 0 Å². The van der Waals surface area contributed by atoms with E-state index in [1.54, 1.807) is 4.90 Å². The van der Waals surface area contributed by atoms with Crippen molar-refractivity contribution in [2.24, 2.45) is 5.84 Å². The highest BCUT2D eigenvalue weighted by Gasteiger charge is 2.20. The number of nitriles is 1. The molecule has 0 aromatic heterocycles. The number of hydrazine groups is 1. The van der Waals surface area contributed by atoms with Gasteiger partial charge in [0.05, 0.1) is 6.07 Å². The zero-order valence-corrected chi connectivity index (χ0v) is 10.4. The number of hydrogen-bond donors (Lipinski definition) is 2. The number of rotatable bonds is 5. The first-order valence-corrected chi connectivity index (χ1v) is 6.04. The minimum atomic E-state index is -0.323. The molecule has 100 valence electrons. The Hall–Kier alpha value is -1.65. The Bertz CT molecular complexity index is 331. The fraction of sp³-hybridized carbons (Fsp3) is 0.727. The van der Waals surface area contributed by atoms with E-state index < -0.39 is 0 Å². The van der Waals surface area contributed by atoms with Crippen LogP contribution in [0.2, 0.25) is 0 Å². The molecule has 0 aromatic carbocycles. The minimum Gasteiger partial charge on any atom is -0.340 e. The molecule has 1 aliphatic heterocycles. The van der Waals surface area contributed by atoms with Crippen LogP contribution in [-0.4, -0.2) is 54.3 Å². The van der Waals surface area contributed by atoms with Gasteiger partial charge < -0.3 is 4.90 Å². The maximum Gasteiger partial charge on any atom is 0.234 e. The first kappa shape index (κ1) is 14.4. The van der Waals surface area contributed by atoms with E-state index in [4.69, 9.17) is 11.1 Å². The molecule has 18 heavy (non-hydrogen) atoms. The normalized spacial score (nSPS) is 16.1. The van der Waals surface area contributed by atoms with Crippen molar-refractivity contribution in [2.45, 2.75) is 19.3 Å². The van der Waals surface area contributed by atoms with Crippen LogP contribution in [0, 0.1) is 11.3 Å². The summed E-state index contributed by atoms with van der Waals surface area (Å²) < 4.78 is 0. The number of nitrogens with one attached hydrogen (secondary N) is 1. The van der Waals surface area contributed by atoms with Crippen LogP contribution in [0.25, 0.3) is 0 Å². The summed E-state index contributed by atoms with van der Waals surface area (Å²) in [5.74, 6) is 4.61. The average Bonchev–Trinajstić information content (AvgIpc) is 2.42. The maximum absolute atomic E-state index is 11.8. The van der Waals surface area contributed by atoms with Crippen LogP contribution in [0.15, 0.2) is 0 Å². The van der Waals surface area contributed by atoms with E-state index in [1.807, 2.05) is 5.43 Å². The molecule has 1 rings (SSSR count). The van der Waals surface area contributed by atoms with Crippen LogP contribution in [0.1, 0.15) is 19.3 Å². The van der Waals surface area contributed by atoms with Gasteiger partial charge in [0.25, 0.3) is 0 Å². The molecule has 7 nitrogen and oxygen atoms in total. The van der Waals surface area contributed by atoms with E-state index in [9.17, 15) is 9.59 Å². The lowest BCUT2D eigenvalue weighted by atomic mass is 10.2. The zero-order valence-electron chi connectivity index (χ0n) is 10.4. The largest absolute Gasteiger partial charge is 0.340 e. The Balaban J connectivity index is 2.23. The molecular formula is C11H19N5O2. The molecule has 3 N–H and O–H groups in total. The lowest BCUT2D eigenvalue weighted by Crippen LogP contribution is -2.49. The summed E-state index contributed by atoms with van der Waals surface area (Å²) in [4.78, 5) is 26.6. The molecule has 1 saturated heterocycles. The molecule has 1 aliphatic rings. The van der Waals surface area contributed by atoms with Gasteiger partial charge in [-0.3, -0.25) is 19.9 Å². The highest BCUT2D eigenvalue weighted by molar-refractivity contribution is 5.83. The second-order valence-electron chi connectivity index (χ2n) is 4.20. The van der Waals surface area contributed by atoms with Crippen molar-refractivity contribution in [3.8, 4) is 6.07 Å². The summed E-state index contributed by atoms with van der Waals surface area (Å²) >= 11 is 0. The van der Waals surface area contributed by atoms with Gasteiger partial charge >= 0.3 is 0 Å². The molecule has 0 aliphatic carbocycles. The molecule has 0 saturated carbocycles. The van der Waals surface area contributed by atoms with E-state index in [-0.39, 0.29) is 24.7 Å². The number of nitrogens with two attached hydrogens (primary N) is 1. The Morgan fingerprint density at radius 1 is 1.22 bits per heavy atom. The van der Waals surface area contributed by atoms with Gasteiger partial charge in [-0.15, -0.1) is 0 Å². The Labute approximate surface area is 106 Å². The Morgan fingerprint density at radius 2 is 1.89 bits per heavy atom. The van der Waals surface area contributed by atoms with Crippen molar-refractivity contribution in [1.29, 1.82) is 5.26 Å². The van der Waals surface area contributed by atoms with Crippen molar-refractivity contribution in [2.75, 3.05) is 32.7 Å². The zero-order chi connectivity index (χ0) is 13.4. The lowest BCUT2D eigenvalue weighted by Gasteiger charge is -2.34. The first-order chi connectivity index (χ1) is 8.67. The summed E-state index contributed by atoms with van der Waals surface area (Å²) in [6, 6.07) is 2.11. The first-order valence-electron chi connectivity index (χ1n) is 6.04. The molecule has 0 bridgehead atoms. The molecule has 0 aromatic rings. The number of nitrogens with zero attached hydrogens (tertiary/aromatic N) is 3. The molecule has 0 unspecified atom stereocenters. The van der Waals surface area contributed by atoms with Crippen molar-refractivity contribution in [1.82, 2.24) is 15.2 Å². The lowest BCUT2D eigenvalue weighted by molar-refractivity contribution is -0.135. The topological polar surface area (TPSA) is 102 Å². The predicted octanol–water partition coefficient (Wildman–Crippen LogP) is -1.19. The highest BCUT2D eigenvalue weighted by atomic mass is 16.2. The number of amides is 2. The van der Waals surface area contributed by atoms with Gasteiger partial charge in [-0.25, -0.2) is 5.84 Å². The summed E-state index contributed by atoms with van der Waals surface area (Å²) in [7, 11) is 0. The second-order valence-corrected chi connectivity index (χ2v) is 4.20. The van der Waals surface area contributed by atoms with E-state index >= 15 is 0 Å². The SMILES string of the molecule is N#CCCN1CCN(C(=O)CCC(=O)NN)CC1. The van der Waals surface area contributed by atoms with Crippen molar-refractivity contribution in [3.63, 3.8) is 0 Å². The second kappa shape index (κ2) is 7.63. The third-order valence-corrected chi connectivity index (χ3v) is 2.99. The van der Waals surface area contributed by atoms with Crippen molar-refractivity contribution in [3.05, 3.63) is 0 Å². The molecule has 1 fully saturated rings. The number of piperazine rings is 1. The van der Waals surface area contributed by atoms with Gasteiger partial charge in [0, 0.05) is 52.0 Å². The van der Waals surface area contributed by atoms with Crippen LogP contribution in [0.3, 0.4) is 0 Å². The molecule has 0 radical (unpaired) electrons. The molecule has 0 spiro atoms. The minimum absolute atomic E-state index is 0.0152. The van der Waals surface area contributed by atoms with E-state index in [1.165, 1.54) is 0 Å². The number of carbonyl (C=O) groups is 2. The van der Waals surface area contributed by atoms with Crippen LogP contribution >= 0.6 is 0 Å². The fourth-order valence-corrected chi connectivity index (χ4v) is 1.88. The average molecular weight is 253 g/mol. The summed E-state index contributed by atoms with van der Waals surface area (Å²) in [5.41, 5.74) is 2.00. The molecule has 0 atom stereocenters. The monoisotopic (exact) mass is 253 g/mol. The molecule has 7 heteroatoms. The number of carbonyl (C=O) groups excluding carboxylic acids is 2. The van der Waals surface area contributed by atoms with Gasteiger partial charge in [0.2, 0.25) is 11.8 Å². The Morgan fingerprint density at radius 3 is 2.44 bits per heavy atom. The summed E-state index contributed by atoms with van der Waals surface area (Å²) in [6.45, 7) is 3.66. The van der Waals surface area contributed by atoms with Gasteiger partial charge in [-0.1, -0.05) is 0 Å². The van der Waals surface area contributed by atoms with Gasteiger partial charge in [0.15, 0.2) is 0 Å². The Kier molecular flexibility index (Phi) is 6.11. The van der Waals surface area contributed by atoms with E-state index in [0.717, 1.165) is 19.6 Å². The number of hydrogen-bond acceptors (Lipinski definition) is 5. The third kappa shape index (κ3) is 4.69. The molecule has 2 amide bonds. The van der Waals surface area contributed by atoms with Crippen LogP contribution in [0.5, 0.6) is 0 Å². The van der Waals surface area contributed by atoms with Gasteiger partial charge in [-0.2, -0.15) is 5.26 Å².